The molecule has 1 aromatic heterocycles. The number of hydrogen-bond donors (Lipinski definition) is 2. The first kappa shape index (κ1) is 19.0. The summed E-state index contributed by atoms with van der Waals surface area (Å²) in [5.41, 5.74) is 2.70. The fourth-order valence-corrected chi connectivity index (χ4v) is 3.83. The van der Waals surface area contributed by atoms with Gasteiger partial charge in [0, 0.05) is 23.2 Å². The van der Waals surface area contributed by atoms with Crippen LogP contribution in [0.15, 0.2) is 58.2 Å². The molecule has 1 heterocycles. The van der Waals surface area contributed by atoms with Crippen LogP contribution in [0.3, 0.4) is 0 Å². The maximum absolute atomic E-state index is 12.4. The van der Waals surface area contributed by atoms with Crippen molar-refractivity contribution >= 4 is 26.7 Å². The van der Waals surface area contributed by atoms with Gasteiger partial charge in [-0.1, -0.05) is 18.2 Å². The molecule has 0 aliphatic carbocycles. The summed E-state index contributed by atoms with van der Waals surface area (Å²) in [6, 6.07) is 13.3. The van der Waals surface area contributed by atoms with Gasteiger partial charge in [0.05, 0.1) is 4.90 Å². The molecule has 0 radical (unpaired) electrons. The van der Waals surface area contributed by atoms with Crippen LogP contribution in [0.2, 0.25) is 0 Å². The number of aryl methyl sites for hydroxylation is 1. The van der Waals surface area contributed by atoms with E-state index in [-0.39, 0.29) is 22.8 Å². The van der Waals surface area contributed by atoms with Gasteiger partial charge in [-0.2, -0.15) is 0 Å². The molecule has 7 heteroatoms. The van der Waals surface area contributed by atoms with E-state index in [4.69, 9.17) is 0 Å². The fraction of sp³-hybridized carbons (Fsp3) is 0.200. The van der Waals surface area contributed by atoms with E-state index in [1.807, 2.05) is 24.3 Å². The first-order valence-corrected chi connectivity index (χ1v) is 9.98. The summed E-state index contributed by atoms with van der Waals surface area (Å²) in [6.45, 7) is 3.42. The number of carbonyl (C=O) groups is 1. The van der Waals surface area contributed by atoms with E-state index in [2.05, 4.69) is 9.71 Å². The van der Waals surface area contributed by atoms with Gasteiger partial charge in [0.1, 0.15) is 0 Å². The molecule has 0 bridgehead atoms. The fourth-order valence-electron chi connectivity index (χ4n) is 2.80. The van der Waals surface area contributed by atoms with Gasteiger partial charge in [-0.3, -0.25) is 9.59 Å². The second-order valence-corrected chi connectivity index (χ2v) is 8.20. The summed E-state index contributed by atoms with van der Waals surface area (Å²) in [5, 5.41) is 0.910. The number of benzene rings is 2. The smallest absolute Gasteiger partial charge is 0.251 e. The highest BCUT2D eigenvalue weighted by Crippen LogP contribution is 2.15. The lowest BCUT2D eigenvalue weighted by atomic mass is 10.1. The Morgan fingerprint density at radius 2 is 1.78 bits per heavy atom. The first-order chi connectivity index (χ1) is 12.8. The summed E-state index contributed by atoms with van der Waals surface area (Å²) in [4.78, 5) is 25.9. The predicted octanol–water partition coefficient (Wildman–Crippen LogP) is 2.56. The molecular weight excluding hydrogens is 364 g/mol. The molecule has 0 saturated heterocycles. The number of sulfonamides is 1. The van der Waals surface area contributed by atoms with Crippen LogP contribution >= 0.6 is 0 Å². The maximum Gasteiger partial charge on any atom is 0.251 e. The van der Waals surface area contributed by atoms with Crippen molar-refractivity contribution in [3.8, 4) is 0 Å². The van der Waals surface area contributed by atoms with Gasteiger partial charge in [0.2, 0.25) is 10.0 Å². The average Bonchev–Trinajstić information content (AvgIpc) is 2.63. The Hall–Kier alpha value is -2.77. The standard InChI is InChI=1S/C20H20N2O4S/c1-13-11-17-12-15(3-8-19(17)22-20(13)24)9-10-21-27(25,26)18-6-4-16(5-7-18)14(2)23/h3-8,11-12,21H,9-10H2,1-2H3,(H,22,24). The van der Waals surface area contributed by atoms with Crippen molar-refractivity contribution in [1.82, 2.24) is 9.71 Å². The Kier molecular flexibility index (Phi) is 5.25. The molecule has 0 aliphatic rings. The van der Waals surface area contributed by atoms with E-state index in [9.17, 15) is 18.0 Å². The quantitative estimate of drug-likeness (QED) is 0.639. The third-order valence-corrected chi connectivity index (χ3v) is 5.85. The summed E-state index contributed by atoms with van der Waals surface area (Å²) in [5.74, 6) is -0.111. The van der Waals surface area contributed by atoms with E-state index in [0.29, 0.717) is 17.5 Å². The van der Waals surface area contributed by atoms with Gasteiger partial charge >= 0.3 is 0 Å². The van der Waals surface area contributed by atoms with E-state index >= 15 is 0 Å². The first-order valence-electron chi connectivity index (χ1n) is 8.49. The number of rotatable bonds is 6. The topological polar surface area (TPSA) is 96.1 Å². The Morgan fingerprint density at radius 1 is 1.07 bits per heavy atom. The molecule has 2 aromatic carbocycles. The minimum absolute atomic E-state index is 0.111. The van der Waals surface area contributed by atoms with E-state index in [1.165, 1.54) is 31.2 Å². The molecule has 0 aliphatic heterocycles. The van der Waals surface area contributed by atoms with Gasteiger partial charge in [-0.25, -0.2) is 13.1 Å². The SMILES string of the molecule is CC(=O)c1ccc(S(=O)(=O)NCCc2ccc3[nH]c(=O)c(C)cc3c2)cc1. The minimum Gasteiger partial charge on any atom is -0.322 e. The van der Waals surface area contributed by atoms with Gasteiger partial charge in [-0.15, -0.1) is 0 Å². The molecule has 2 N–H and O–H groups in total. The number of hydrogen-bond acceptors (Lipinski definition) is 4. The summed E-state index contributed by atoms with van der Waals surface area (Å²) in [6.07, 6.45) is 0.513. The molecule has 3 rings (SSSR count). The zero-order chi connectivity index (χ0) is 19.6. The Morgan fingerprint density at radius 3 is 2.44 bits per heavy atom. The normalized spacial score (nSPS) is 11.6. The van der Waals surface area contributed by atoms with Crippen LogP contribution in [0, 0.1) is 6.92 Å². The highest BCUT2D eigenvalue weighted by molar-refractivity contribution is 7.89. The van der Waals surface area contributed by atoms with E-state index < -0.39 is 10.0 Å². The summed E-state index contributed by atoms with van der Waals surface area (Å²) >= 11 is 0. The summed E-state index contributed by atoms with van der Waals surface area (Å²) in [7, 11) is -3.64. The molecule has 0 saturated carbocycles. The third-order valence-electron chi connectivity index (χ3n) is 4.37. The number of pyridine rings is 1. The van der Waals surface area contributed by atoms with Crippen LogP contribution < -0.4 is 10.3 Å². The van der Waals surface area contributed by atoms with E-state index in [0.717, 1.165) is 16.5 Å². The van der Waals surface area contributed by atoms with Crippen molar-refractivity contribution in [1.29, 1.82) is 0 Å². The van der Waals surface area contributed by atoms with Crippen molar-refractivity contribution in [3.05, 3.63) is 75.6 Å². The molecule has 0 fully saturated rings. The van der Waals surface area contributed by atoms with Crippen LogP contribution in [-0.2, 0) is 16.4 Å². The third kappa shape index (κ3) is 4.32. The van der Waals surface area contributed by atoms with Gasteiger partial charge in [0.25, 0.3) is 5.56 Å². The van der Waals surface area contributed by atoms with Crippen LogP contribution in [-0.4, -0.2) is 25.7 Å². The average molecular weight is 384 g/mol. The van der Waals surface area contributed by atoms with Gasteiger partial charge in [0.15, 0.2) is 5.78 Å². The van der Waals surface area contributed by atoms with Crippen molar-refractivity contribution in [2.24, 2.45) is 0 Å². The number of ketones is 1. The van der Waals surface area contributed by atoms with Crippen LogP contribution in [0.4, 0.5) is 0 Å². The van der Waals surface area contributed by atoms with Crippen molar-refractivity contribution < 1.29 is 13.2 Å². The van der Waals surface area contributed by atoms with Crippen molar-refractivity contribution in [2.75, 3.05) is 6.54 Å². The molecule has 27 heavy (non-hydrogen) atoms. The molecule has 140 valence electrons. The Labute approximate surface area is 157 Å². The monoisotopic (exact) mass is 384 g/mol. The van der Waals surface area contributed by atoms with Gasteiger partial charge < -0.3 is 4.98 Å². The largest absolute Gasteiger partial charge is 0.322 e. The van der Waals surface area contributed by atoms with Crippen LogP contribution in [0.5, 0.6) is 0 Å². The zero-order valence-electron chi connectivity index (χ0n) is 15.1. The second-order valence-electron chi connectivity index (χ2n) is 6.43. The number of carbonyl (C=O) groups excluding carboxylic acids is 1. The predicted molar refractivity (Wildman–Crippen MR) is 105 cm³/mol. The number of aromatic amines is 1. The molecule has 0 spiro atoms. The summed E-state index contributed by atoms with van der Waals surface area (Å²) < 4.78 is 27.3. The Balaban J connectivity index is 1.69. The molecule has 0 unspecified atom stereocenters. The van der Waals surface area contributed by atoms with Crippen LogP contribution in [0.25, 0.3) is 10.9 Å². The van der Waals surface area contributed by atoms with Crippen molar-refractivity contribution in [2.45, 2.75) is 25.2 Å². The molecule has 0 atom stereocenters. The second kappa shape index (κ2) is 7.46. The maximum atomic E-state index is 12.4. The highest BCUT2D eigenvalue weighted by atomic mass is 32.2. The number of aromatic nitrogens is 1. The molecule has 6 nitrogen and oxygen atoms in total. The van der Waals surface area contributed by atoms with E-state index in [1.54, 1.807) is 6.92 Å². The number of fused-ring (bicyclic) bond motifs is 1. The number of Topliss-reactive ketones (excluding diaryl/α,β-unsaturated/α-hetero) is 1. The lowest BCUT2D eigenvalue weighted by molar-refractivity contribution is 0.101. The number of H-pyrrole nitrogens is 1. The van der Waals surface area contributed by atoms with Crippen molar-refractivity contribution in [3.63, 3.8) is 0 Å². The van der Waals surface area contributed by atoms with Gasteiger partial charge in [-0.05, 0) is 61.5 Å². The lowest BCUT2D eigenvalue weighted by Crippen LogP contribution is -2.26. The lowest BCUT2D eigenvalue weighted by Gasteiger charge is -2.08. The Bertz CT molecular complexity index is 1160. The van der Waals surface area contributed by atoms with Crippen LogP contribution in [0.1, 0.15) is 28.4 Å². The molecule has 0 amide bonds. The molecular formula is C20H20N2O4S. The number of nitrogens with one attached hydrogen (secondary N) is 2. The molecule has 3 aromatic rings. The zero-order valence-corrected chi connectivity index (χ0v) is 15.9. The highest BCUT2D eigenvalue weighted by Gasteiger charge is 2.13. The minimum atomic E-state index is -3.64.